The number of hydrogen-bond donors (Lipinski definition) is 2. The second kappa shape index (κ2) is 8.82. The zero-order valence-electron chi connectivity index (χ0n) is 12.8. The molecule has 23 heavy (non-hydrogen) atoms. The molecule has 0 radical (unpaired) electrons. The largest absolute Gasteiger partial charge is 0.323 e. The Morgan fingerprint density at radius 1 is 1.09 bits per heavy atom. The van der Waals surface area contributed by atoms with E-state index in [4.69, 9.17) is 4.55 Å². The Kier molecular flexibility index (Phi) is 7.11. The van der Waals surface area contributed by atoms with Crippen molar-refractivity contribution in [2.45, 2.75) is 6.92 Å². The molecule has 122 valence electrons. The number of carbonyl (C=O) groups excluding carboxylic acids is 1. The molecule has 0 saturated carbocycles. The topological polar surface area (TPSA) is 96.4 Å². The summed E-state index contributed by atoms with van der Waals surface area (Å²) in [5, 5.41) is 2.78. The van der Waals surface area contributed by atoms with Gasteiger partial charge in [-0.2, -0.15) is 8.42 Å². The third kappa shape index (κ3) is 8.50. The molecule has 0 aliphatic rings. The molecule has 0 unspecified atom stereocenters. The number of aromatic nitrogens is 1. The Bertz CT molecular complexity index is 746. The number of hydrogen-bond acceptors (Lipinski definition) is 4. The molecular weight excluding hydrogens is 316 g/mol. The molecule has 0 aliphatic heterocycles. The summed E-state index contributed by atoms with van der Waals surface area (Å²) in [6.07, 6.45) is 7.44. The van der Waals surface area contributed by atoms with E-state index in [1.165, 1.54) is 6.08 Å². The van der Waals surface area contributed by atoms with Crippen LogP contribution in [-0.2, 0) is 14.9 Å². The van der Waals surface area contributed by atoms with Crippen LogP contribution in [0, 0.1) is 0 Å². The van der Waals surface area contributed by atoms with Crippen LogP contribution in [0.25, 0.3) is 11.1 Å². The maximum absolute atomic E-state index is 11.4. The fourth-order valence-electron chi connectivity index (χ4n) is 1.63. The highest BCUT2D eigenvalue weighted by Crippen LogP contribution is 2.20. The Hall–Kier alpha value is -2.51. The van der Waals surface area contributed by atoms with Gasteiger partial charge in [0.2, 0.25) is 5.91 Å². The average Bonchev–Trinajstić information content (AvgIpc) is 2.47. The van der Waals surface area contributed by atoms with Crippen LogP contribution in [0.3, 0.4) is 0 Å². The van der Waals surface area contributed by atoms with Crippen molar-refractivity contribution in [2.75, 3.05) is 11.6 Å². The second-order valence-corrected chi connectivity index (χ2v) is 6.00. The maximum Gasteiger partial charge on any atom is 0.261 e. The minimum atomic E-state index is -3.67. The van der Waals surface area contributed by atoms with Gasteiger partial charge in [0.25, 0.3) is 10.1 Å². The fourth-order valence-corrected chi connectivity index (χ4v) is 1.63. The van der Waals surface area contributed by atoms with Gasteiger partial charge in [0.05, 0.1) is 6.26 Å². The number of anilines is 1. The first kappa shape index (κ1) is 18.5. The van der Waals surface area contributed by atoms with Crippen LogP contribution < -0.4 is 5.32 Å². The molecule has 6 nitrogen and oxygen atoms in total. The number of carbonyl (C=O) groups is 1. The Balaban J connectivity index is 0.000000463. The lowest BCUT2D eigenvalue weighted by Crippen LogP contribution is -2.07. The van der Waals surface area contributed by atoms with Crippen molar-refractivity contribution >= 4 is 21.7 Å². The van der Waals surface area contributed by atoms with Crippen molar-refractivity contribution in [3.8, 4) is 11.1 Å². The van der Waals surface area contributed by atoms with E-state index in [1.807, 2.05) is 43.3 Å². The molecule has 0 spiro atoms. The van der Waals surface area contributed by atoms with Crippen molar-refractivity contribution in [3.63, 3.8) is 0 Å². The first-order chi connectivity index (χ1) is 10.8. The van der Waals surface area contributed by atoms with Crippen LogP contribution in [-0.4, -0.2) is 30.1 Å². The molecule has 7 heteroatoms. The first-order valence-corrected chi connectivity index (χ1v) is 8.51. The van der Waals surface area contributed by atoms with Gasteiger partial charge in [-0.25, -0.2) is 0 Å². The number of amides is 1. The SMILES string of the molecule is CC=CC(=O)Nc1ccc(-c2ccncc2)cc1.CS(=O)(=O)O. The molecule has 0 aliphatic carbocycles. The molecule has 1 amide bonds. The van der Waals surface area contributed by atoms with E-state index in [0.29, 0.717) is 6.26 Å². The maximum atomic E-state index is 11.4. The lowest BCUT2D eigenvalue weighted by Gasteiger charge is -2.04. The van der Waals surface area contributed by atoms with Gasteiger partial charge in [0.1, 0.15) is 0 Å². The van der Waals surface area contributed by atoms with Crippen LogP contribution in [0.2, 0.25) is 0 Å². The van der Waals surface area contributed by atoms with Gasteiger partial charge in [-0.1, -0.05) is 18.2 Å². The lowest BCUT2D eigenvalue weighted by atomic mass is 10.1. The van der Waals surface area contributed by atoms with E-state index >= 15 is 0 Å². The smallest absolute Gasteiger partial charge is 0.261 e. The summed E-state index contributed by atoms with van der Waals surface area (Å²) in [5.74, 6) is -0.117. The van der Waals surface area contributed by atoms with E-state index in [-0.39, 0.29) is 5.91 Å². The summed E-state index contributed by atoms with van der Waals surface area (Å²) in [6, 6.07) is 11.6. The summed E-state index contributed by atoms with van der Waals surface area (Å²) in [7, 11) is -3.67. The predicted molar refractivity (Wildman–Crippen MR) is 90.6 cm³/mol. The summed E-state index contributed by atoms with van der Waals surface area (Å²) < 4.78 is 25.9. The highest BCUT2D eigenvalue weighted by atomic mass is 32.2. The molecule has 0 fully saturated rings. The van der Waals surface area contributed by atoms with Crippen LogP contribution >= 0.6 is 0 Å². The summed E-state index contributed by atoms with van der Waals surface area (Å²) in [6.45, 7) is 1.81. The molecule has 0 atom stereocenters. The molecule has 1 aromatic heterocycles. The van der Waals surface area contributed by atoms with Crippen molar-refractivity contribution in [1.82, 2.24) is 4.98 Å². The molecule has 2 rings (SSSR count). The zero-order chi connectivity index (χ0) is 17.3. The zero-order valence-corrected chi connectivity index (χ0v) is 13.6. The standard InChI is InChI=1S/C15H14N2O.CH4O3S/c1-2-3-15(18)17-14-6-4-12(5-7-14)13-8-10-16-11-9-13;1-5(2,3)4/h2-11H,1H3,(H,17,18);1H3,(H,2,3,4). The van der Waals surface area contributed by atoms with Crippen LogP contribution in [0.15, 0.2) is 60.9 Å². The number of allylic oxidation sites excluding steroid dienone is 1. The van der Waals surface area contributed by atoms with E-state index < -0.39 is 10.1 Å². The quantitative estimate of drug-likeness (QED) is 0.664. The number of pyridine rings is 1. The number of rotatable bonds is 3. The molecule has 0 bridgehead atoms. The Morgan fingerprint density at radius 2 is 1.57 bits per heavy atom. The summed E-state index contributed by atoms with van der Waals surface area (Å²) in [4.78, 5) is 15.3. The van der Waals surface area contributed by atoms with Crippen LogP contribution in [0.5, 0.6) is 0 Å². The minimum absolute atomic E-state index is 0.117. The average molecular weight is 334 g/mol. The molecule has 1 heterocycles. The molecular formula is C16H18N2O4S. The van der Waals surface area contributed by atoms with Crippen molar-refractivity contribution in [3.05, 3.63) is 60.9 Å². The van der Waals surface area contributed by atoms with E-state index in [0.717, 1.165) is 16.8 Å². The van der Waals surface area contributed by atoms with Gasteiger partial charge in [-0.15, -0.1) is 0 Å². The molecule has 1 aromatic carbocycles. The third-order valence-corrected chi connectivity index (χ3v) is 2.48. The number of benzene rings is 1. The second-order valence-electron chi connectivity index (χ2n) is 4.54. The van der Waals surface area contributed by atoms with Gasteiger partial charge in [0.15, 0.2) is 0 Å². The monoisotopic (exact) mass is 334 g/mol. The van der Waals surface area contributed by atoms with E-state index in [1.54, 1.807) is 18.5 Å². The minimum Gasteiger partial charge on any atom is -0.323 e. The lowest BCUT2D eigenvalue weighted by molar-refractivity contribution is -0.111. The van der Waals surface area contributed by atoms with Crippen LogP contribution in [0.4, 0.5) is 5.69 Å². The normalized spacial score (nSPS) is 10.7. The van der Waals surface area contributed by atoms with Gasteiger partial charge < -0.3 is 5.32 Å². The molecule has 2 N–H and O–H groups in total. The van der Waals surface area contributed by atoms with Crippen LogP contribution in [0.1, 0.15) is 6.92 Å². The Morgan fingerprint density at radius 3 is 2.04 bits per heavy atom. The molecule has 0 saturated heterocycles. The van der Waals surface area contributed by atoms with E-state index in [9.17, 15) is 13.2 Å². The number of nitrogens with zero attached hydrogens (tertiary/aromatic N) is 1. The fraction of sp³-hybridized carbons (Fsp3) is 0.125. The highest BCUT2D eigenvalue weighted by Gasteiger charge is 1.99. The van der Waals surface area contributed by atoms with Crippen molar-refractivity contribution in [2.24, 2.45) is 0 Å². The van der Waals surface area contributed by atoms with Gasteiger partial charge >= 0.3 is 0 Å². The Labute approximate surface area is 135 Å². The number of nitrogens with one attached hydrogen (secondary N) is 1. The highest BCUT2D eigenvalue weighted by molar-refractivity contribution is 7.85. The summed E-state index contributed by atoms with van der Waals surface area (Å²) >= 11 is 0. The van der Waals surface area contributed by atoms with Gasteiger partial charge in [0, 0.05) is 18.1 Å². The summed E-state index contributed by atoms with van der Waals surface area (Å²) in [5.41, 5.74) is 2.99. The predicted octanol–water partition coefficient (Wildman–Crippen LogP) is 2.77. The van der Waals surface area contributed by atoms with Gasteiger partial charge in [-0.3, -0.25) is 14.3 Å². The van der Waals surface area contributed by atoms with E-state index in [2.05, 4.69) is 10.3 Å². The molecule has 2 aromatic rings. The third-order valence-electron chi connectivity index (χ3n) is 2.48. The van der Waals surface area contributed by atoms with Crippen molar-refractivity contribution in [1.29, 1.82) is 0 Å². The van der Waals surface area contributed by atoms with Crippen molar-refractivity contribution < 1.29 is 17.8 Å². The first-order valence-electron chi connectivity index (χ1n) is 6.66. The van der Waals surface area contributed by atoms with Gasteiger partial charge in [-0.05, 0) is 48.4 Å².